The molecule has 10 heteroatoms. The van der Waals surface area contributed by atoms with E-state index in [-0.39, 0.29) is 19.6 Å². The highest BCUT2D eigenvalue weighted by Gasteiger charge is 2.08. The number of rotatable bonds is 7. The molecule has 0 fully saturated rings. The van der Waals surface area contributed by atoms with Crippen molar-refractivity contribution in [3.05, 3.63) is 11.9 Å². The number of nitrogens with two attached hydrogens (primary N) is 1. The van der Waals surface area contributed by atoms with Gasteiger partial charge in [-0.05, 0) is 0 Å². The fraction of sp³-hybridized carbons (Fsp3) is 0.571. The molecule has 1 aromatic heterocycles. The van der Waals surface area contributed by atoms with Gasteiger partial charge in [-0.1, -0.05) is 5.21 Å². The van der Waals surface area contributed by atoms with Crippen LogP contribution in [0, 0.1) is 0 Å². The smallest absolute Gasteiger partial charge is 0.321 e. The molecule has 1 aromatic rings. The van der Waals surface area contributed by atoms with Gasteiger partial charge in [-0.2, -0.15) is 8.42 Å². The molecule has 0 aromatic carbocycles. The fourth-order valence-corrected chi connectivity index (χ4v) is 1.35. The molecule has 17 heavy (non-hydrogen) atoms. The molecule has 96 valence electrons. The van der Waals surface area contributed by atoms with Crippen molar-refractivity contribution in [2.45, 2.75) is 19.0 Å². The van der Waals surface area contributed by atoms with Crippen molar-refractivity contribution >= 4 is 16.7 Å². The van der Waals surface area contributed by atoms with E-state index >= 15 is 0 Å². The molecule has 9 nitrogen and oxygen atoms in total. The van der Waals surface area contributed by atoms with Gasteiger partial charge < -0.3 is 10.5 Å². The number of nitrogens with zero attached hydrogens (tertiary/aromatic N) is 3. The minimum atomic E-state index is -4.44. The van der Waals surface area contributed by atoms with Gasteiger partial charge in [-0.15, -0.1) is 5.10 Å². The second-order valence-corrected chi connectivity index (χ2v) is 4.32. The molecule has 1 heterocycles. The summed E-state index contributed by atoms with van der Waals surface area (Å²) >= 11 is 0. The largest absolute Gasteiger partial charge is 0.397 e. The van der Waals surface area contributed by atoms with E-state index in [2.05, 4.69) is 14.5 Å². The number of carbonyl (C=O) groups excluding carboxylic acids is 1. The first-order chi connectivity index (χ1) is 7.90. The molecule has 0 saturated carbocycles. The molecule has 1 rings (SSSR count). The molecule has 3 N–H and O–H groups in total. The molecule has 0 aliphatic heterocycles. The average molecular weight is 264 g/mol. The zero-order chi connectivity index (χ0) is 12.9. The van der Waals surface area contributed by atoms with E-state index in [0.717, 1.165) is 0 Å². The van der Waals surface area contributed by atoms with Crippen LogP contribution in [0.2, 0.25) is 0 Å². The summed E-state index contributed by atoms with van der Waals surface area (Å²) in [6.07, 6.45) is 2.36. The zero-order valence-electron chi connectivity index (χ0n) is 8.76. The molecule has 0 aliphatic carbocycles. The molecule has 0 radical (unpaired) electrons. The van der Waals surface area contributed by atoms with Crippen LogP contribution in [0.4, 0.5) is 0 Å². The van der Waals surface area contributed by atoms with Crippen LogP contribution in [-0.4, -0.2) is 46.9 Å². The van der Waals surface area contributed by atoms with E-state index in [1.807, 2.05) is 0 Å². The monoisotopic (exact) mass is 264 g/mol. The molecule has 0 unspecified atom stereocenters. The summed E-state index contributed by atoms with van der Waals surface area (Å²) in [5, 5.41) is 7.39. The molecule has 0 amide bonds. The highest BCUT2D eigenvalue weighted by Crippen LogP contribution is 1.97. The summed E-state index contributed by atoms with van der Waals surface area (Å²) in [5.74, 6) is 0. The lowest BCUT2D eigenvalue weighted by molar-refractivity contribution is -0.108. The Morgan fingerprint density at radius 3 is 2.94 bits per heavy atom. The van der Waals surface area contributed by atoms with Gasteiger partial charge in [-0.25, -0.2) is 8.86 Å². The highest BCUT2D eigenvalue weighted by molar-refractivity contribution is 7.80. The third kappa shape index (κ3) is 5.49. The lowest BCUT2D eigenvalue weighted by Crippen LogP contribution is -2.24. The van der Waals surface area contributed by atoms with Crippen LogP contribution in [-0.2, 0) is 32.3 Å². The molecule has 0 bridgehead atoms. The topological polar surface area (TPSA) is 137 Å². The normalized spacial score (nSPS) is 13.5. The van der Waals surface area contributed by atoms with Crippen LogP contribution in [0.15, 0.2) is 6.20 Å². The maximum Gasteiger partial charge on any atom is 0.397 e. The Bertz CT molecular complexity index is 470. The summed E-state index contributed by atoms with van der Waals surface area (Å²) < 4.78 is 34.2. The van der Waals surface area contributed by atoms with E-state index < -0.39 is 16.4 Å². The third-order valence-electron chi connectivity index (χ3n) is 1.76. The lowest BCUT2D eigenvalue weighted by atomic mass is 10.2. The number of aldehydes is 1. The van der Waals surface area contributed by atoms with Crippen molar-refractivity contribution in [3.8, 4) is 0 Å². The van der Waals surface area contributed by atoms with Crippen LogP contribution in [0.25, 0.3) is 0 Å². The lowest BCUT2D eigenvalue weighted by Gasteiger charge is -1.99. The Hall–Kier alpha value is -1.36. The van der Waals surface area contributed by atoms with Crippen molar-refractivity contribution in [1.29, 1.82) is 0 Å². The number of hydrogen-bond donors (Lipinski definition) is 2. The van der Waals surface area contributed by atoms with Crippen LogP contribution in [0.5, 0.6) is 0 Å². The average Bonchev–Trinajstić information content (AvgIpc) is 2.63. The summed E-state index contributed by atoms with van der Waals surface area (Å²) in [6, 6.07) is -0.644. The molecular formula is C7H12N4O5S. The Kier molecular flexibility index (Phi) is 4.69. The first-order valence-corrected chi connectivity index (χ1v) is 5.99. The van der Waals surface area contributed by atoms with Crippen LogP contribution >= 0.6 is 0 Å². The van der Waals surface area contributed by atoms with Crippen molar-refractivity contribution in [2.24, 2.45) is 5.73 Å². The van der Waals surface area contributed by atoms with Gasteiger partial charge in [0.05, 0.1) is 24.9 Å². The second kappa shape index (κ2) is 5.82. The van der Waals surface area contributed by atoms with Gasteiger partial charge >= 0.3 is 10.4 Å². The van der Waals surface area contributed by atoms with Crippen molar-refractivity contribution in [1.82, 2.24) is 15.0 Å². The van der Waals surface area contributed by atoms with Gasteiger partial charge in [0, 0.05) is 12.6 Å². The van der Waals surface area contributed by atoms with Gasteiger partial charge in [0.1, 0.15) is 6.29 Å². The molecule has 0 aliphatic rings. The van der Waals surface area contributed by atoms with Gasteiger partial charge in [0.25, 0.3) is 0 Å². The number of hydrogen-bond acceptors (Lipinski definition) is 7. The maximum atomic E-state index is 10.3. The van der Waals surface area contributed by atoms with E-state index in [0.29, 0.717) is 12.0 Å². The minimum absolute atomic E-state index is 0.100. The first-order valence-electron chi connectivity index (χ1n) is 4.62. The molecule has 0 saturated heterocycles. The Morgan fingerprint density at radius 1 is 1.65 bits per heavy atom. The van der Waals surface area contributed by atoms with Gasteiger partial charge in [-0.3, -0.25) is 4.55 Å². The number of aromatic nitrogens is 3. The fourth-order valence-electron chi connectivity index (χ4n) is 1.07. The Balaban J connectivity index is 2.43. The summed E-state index contributed by atoms with van der Waals surface area (Å²) in [7, 11) is -4.44. The zero-order valence-corrected chi connectivity index (χ0v) is 9.58. The Labute approximate surface area is 97.5 Å². The van der Waals surface area contributed by atoms with E-state index in [1.165, 1.54) is 10.9 Å². The Morgan fingerprint density at radius 2 is 2.35 bits per heavy atom. The quantitative estimate of drug-likeness (QED) is 0.433. The van der Waals surface area contributed by atoms with Crippen molar-refractivity contribution in [3.63, 3.8) is 0 Å². The van der Waals surface area contributed by atoms with Crippen LogP contribution in [0.3, 0.4) is 0 Å². The summed E-state index contributed by atoms with van der Waals surface area (Å²) in [5.41, 5.74) is 5.90. The molecule has 0 spiro atoms. The third-order valence-corrected chi connectivity index (χ3v) is 2.22. The van der Waals surface area contributed by atoms with Crippen molar-refractivity contribution in [2.75, 3.05) is 6.61 Å². The standard InChI is InChI=1S/C7H12N4O5S/c8-6(5-12)3-7-4-11(10-9-7)1-2-16-17(13,14)15/h4-6H,1-3,8H2,(H,13,14,15)/t6-/m0/s1. The maximum absolute atomic E-state index is 10.3. The minimum Gasteiger partial charge on any atom is -0.321 e. The van der Waals surface area contributed by atoms with E-state index in [1.54, 1.807) is 0 Å². The predicted octanol–water partition coefficient (Wildman–Crippen LogP) is -1.83. The second-order valence-electron chi connectivity index (χ2n) is 3.23. The highest BCUT2D eigenvalue weighted by atomic mass is 32.3. The van der Waals surface area contributed by atoms with Gasteiger partial charge in [0.2, 0.25) is 0 Å². The van der Waals surface area contributed by atoms with Crippen LogP contribution < -0.4 is 5.73 Å². The van der Waals surface area contributed by atoms with E-state index in [9.17, 15) is 13.2 Å². The predicted molar refractivity (Wildman–Crippen MR) is 55.3 cm³/mol. The summed E-state index contributed by atoms with van der Waals surface area (Å²) in [6.45, 7) is -0.162. The van der Waals surface area contributed by atoms with Crippen molar-refractivity contribution < 1.29 is 21.9 Å². The van der Waals surface area contributed by atoms with Crippen LogP contribution in [0.1, 0.15) is 5.69 Å². The molecule has 1 atom stereocenters. The first kappa shape index (κ1) is 13.7. The summed E-state index contributed by atoms with van der Waals surface area (Å²) in [4.78, 5) is 10.3. The SMILES string of the molecule is N[C@H](C=O)Cc1cn(CCOS(=O)(=O)O)nn1. The van der Waals surface area contributed by atoms with Gasteiger partial charge in [0.15, 0.2) is 0 Å². The van der Waals surface area contributed by atoms with E-state index in [4.69, 9.17) is 10.3 Å². The number of carbonyl (C=O) groups is 1. The molecular weight excluding hydrogens is 252 g/mol.